The van der Waals surface area contributed by atoms with Crippen LogP contribution in [-0.2, 0) is 14.8 Å². The first kappa shape index (κ1) is 20.8. The molecule has 1 N–H and O–H groups in total. The summed E-state index contributed by atoms with van der Waals surface area (Å²) in [6, 6.07) is 10.6. The fraction of sp³-hybridized carbons (Fsp3) is 0.571. The molecular formula is C21H29N3O3S2. The predicted octanol–water partition coefficient (Wildman–Crippen LogP) is 3.38. The highest BCUT2D eigenvalue weighted by Crippen LogP contribution is 2.35. The Hall–Kier alpha value is -1.48. The zero-order valence-electron chi connectivity index (χ0n) is 16.7. The second-order valence-electron chi connectivity index (χ2n) is 8.08. The summed E-state index contributed by atoms with van der Waals surface area (Å²) in [6.45, 7) is 1.31. The molecule has 158 valence electrons. The molecule has 8 heteroatoms. The van der Waals surface area contributed by atoms with E-state index in [2.05, 4.69) is 44.9 Å². The van der Waals surface area contributed by atoms with Gasteiger partial charge in [-0.1, -0.05) is 30.3 Å². The molecule has 1 aromatic carbocycles. The summed E-state index contributed by atoms with van der Waals surface area (Å²) in [4.78, 5) is 6.63. The van der Waals surface area contributed by atoms with Crippen molar-refractivity contribution in [3.05, 3.63) is 47.5 Å². The molecule has 2 aliphatic rings. The van der Waals surface area contributed by atoms with Crippen molar-refractivity contribution in [1.29, 1.82) is 0 Å². The van der Waals surface area contributed by atoms with E-state index in [-0.39, 0.29) is 18.2 Å². The molecule has 29 heavy (non-hydrogen) atoms. The minimum absolute atomic E-state index is 0.0253. The maximum atomic E-state index is 11.8. The van der Waals surface area contributed by atoms with Crippen LogP contribution in [0, 0.1) is 0 Å². The lowest BCUT2D eigenvalue weighted by atomic mass is 9.83. The quantitative estimate of drug-likeness (QED) is 0.722. The van der Waals surface area contributed by atoms with E-state index >= 15 is 0 Å². The third kappa shape index (κ3) is 5.36. The Bertz CT molecular complexity index is 866. The average Bonchev–Trinajstić information content (AvgIpc) is 3.36. The van der Waals surface area contributed by atoms with Gasteiger partial charge in [-0.05, 0) is 43.6 Å². The maximum Gasteiger partial charge on any atom is 0.209 e. The lowest BCUT2D eigenvalue weighted by Crippen LogP contribution is -2.48. The van der Waals surface area contributed by atoms with Gasteiger partial charge in [0.2, 0.25) is 10.0 Å². The molecule has 1 aliphatic carbocycles. The van der Waals surface area contributed by atoms with Crippen molar-refractivity contribution >= 4 is 26.5 Å². The molecule has 1 aromatic heterocycles. The Kier molecular flexibility index (Phi) is 6.53. The molecule has 1 saturated carbocycles. The molecule has 2 heterocycles. The summed E-state index contributed by atoms with van der Waals surface area (Å²) in [5, 5.41) is 2.89. The predicted molar refractivity (Wildman–Crippen MR) is 117 cm³/mol. The van der Waals surface area contributed by atoms with Gasteiger partial charge in [0.15, 0.2) is 5.13 Å². The summed E-state index contributed by atoms with van der Waals surface area (Å²) in [6.07, 6.45) is 8.40. The van der Waals surface area contributed by atoms with Crippen LogP contribution in [0.4, 0.5) is 5.13 Å². The van der Waals surface area contributed by atoms with Crippen LogP contribution < -0.4 is 9.62 Å². The molecule has 0 bridgehead atoms. The average molecular weight is 436 g/mol. The van der Waals surface area contributed by atoms with Crippen LogP contribution in [-0.4, -0.2) is 51.0 Å². The Morgan fingerprint density at radius 1 is 1.17 bits per heavy atom. The van der Waals surface area contributed by atoms with Gasteiger partial charge in [0, 0.05) is 24.2 Å². The first-order valence-corrected chi connectivity index (χ1v) is 13.1. The van der Waals surface area contributed by atoms with Gasteiger partial charge in [0.25, 0.3) is 0 Å². The fourth-order valence-corrected chi connectivity index (χ4v) is 6.14. The number of sulfonamides is 1. The van der Waals surface area contributed by atoms with E-state index in [0.29, 0.717) is 12.5 Å². The van der Waals surface area contributed by atoms with E-state index in [1.807, 2.05) is 5.38 Å². The van der Waals surface area contributed by atoms with Gasteiger partial charge >= 0.3 is 0 Å². The number of hydrogen-bond acceptors (Lipinski definition) is 6. The fourth-order valence-electron chi connectivity index (χ4n) is 4.59. The lowest BCUT2D eigenvalue weighted by Gasteiger charge is -2.32. The van der Waals surface area contributed by atoms with E-state index < -0.39 is 10.0 Å². The summed E-state index contributed by atoms with van der Waals surface area (Å²) < 4.78 is 32.8. The molecule has 0 spiro atoms. The smallest absolute Gasteiger partial charge is 0.209 e. The first-order valence-electron chi connectivity index (χ1n) is 10.3. The second-order valence-corrected chi connectivity index (χ2v) is 10.7. The van der Waals surface area contributed by atoms with Crippen molar-refractivity contribution in [2.24, 2.45) is 0 Å². The molecule has 4 rings (SSSR count). The van der Waals surface area contributed by atoms with E-state index in [9.17, 15) is 8.42 Å². The SMILES string of the molecule is CS(=O)(=O)N[C@H]1CCN(c2nccs2)[C@H]1CO[C@H]1CC[C@@H](c2ccccc2)CC1. The molecule has 0 unspecified atom stereocenters. The maximum absolute atomic E-state index is 11.8. The number of thiazole rings is 1. The third-order valence-electron chi connectivity index (χ3n) is 6.02. The topological polar surface area (TPSA) is 71.5 Å². The number of ether oxygens (including phenoxy) is 1. The highest BCUT2D eigenvalue weighted by molar-refractivity contribution is 7.88. The van der Waals surface area contributed by atoms with Crippen molar-refractivity contribution in [2.75, 3.05) is 24.3 Å². The molecule has 2 atom stereocenters. The van der Waals surface area contributed by atoms with Gasteiger partial charge in [0.05, 0.1) is 25.0 Å². The Labute approximate surface area is 177 Å². The minimum atomic E-state index is -3.26. The molecule has 1 saturated heterocycles. The van der Waals surface area contributed by atoms with Crippen LogP contribution in [0.15, 0.2) is 41.9 Å². The largest absolute Gasteiger partial charge is 0.376 e. The van der Waals surface area contributed by atoms with Crippen molar-refractivity contribution < 1.29 is 13.2 Å². The van der Waals surface area contributed by atoms with Gasteiger partial charge < -0.3 is 9.64 Å². The van der Waals surface area contributed by atoms with Crippen LogP contribution in [0.3, 0.4) is 0 Å². The Morgan fingerprint density at radius 2 is 1.93 bits per heavy atom. The zero-order valence-corrected chi connectivity index (χ0v) is 18.4. The number of aromatic nitrogens is 1. The normalized spacial score (nSPS) is 28.0. The highest BCUT2D eigenvalue weighted by Gasteiger charge is 2.38. The van der Waals surface area contributed by atoms with Crippen molar-refractivity contribution in [1.82, 2.24) is 9.71 Å². The number of rotatable bonds is 7. The Morgan fingerprint density at radius 3 is 2.59 bits per heavy atom. The molecular weight excluding hydrogens is 406 g/mol. The van der Waals surface area contributed by atoms with Gasteiger partial charge in [-0.15, -0.1) is 11.3 Å². The van der Waals surface area contributed by atoms with E-state index in [1.165, 1.54) is 11.8 Å². The van der Waals surface area contributed by atoms with Crippen LogP contribution >= 0.6 is 11.3 Å². The first-order chi connectivity index (χ1) is 14.0. The lowest BCUT2D eigenvalue weighted by molar-refractivity contribution is 0.0157. The summed E-state index contributed by atoms with van der Waals surface area (Å²) in [5.41, 5.74) is 1.43. The van der Waals surface area contributed by atoms with Crippen LogP contribution in [0.5, 0.6) is 0 Å². The Balaban J connectivity index is 1.36. The van der Waals surface area contributed by atoms with E-state index in [0.717, 1.165) is 43.8 Å². The van der Waals surface area contributed by atoms with Crippen LogP contribution in [0.1, 0.15) is 43.6 Å². The zero-order chi connectivity index (χ0) is 20.3. The molecule has 2 aromatic rings. The van der Waals surface area contributed by atoms with Gasteiger partial charge in [-0.2, -0.15) is 0 Å². The number of nitrogens with one attached hydrogen (secondary N) is 1. The van der Waals surface area contributed by atoms with Gasteiger partial charge in [0.1, 0.15) is 0 Å². The van der Waals surface area contributed by atoms with Crippen molar-refractivity contribution in [2.45, 2.75) is 56.2 Å². The molecule has 1 aliphatic heterocycles. The summed E-state index contributed by atoms with van der Waals surface area (Å²) >= 11 is 1.59. The molecule has 6 nitrogen and oxygen atoms in total. The minimum Gasteiger partial charge on any atom is -0.376 e. The monoisotopic (exact) mass is 435 g/mol. The summed E-state index contributed by atoms with van der Waals surface area (Å²) in [7, 11) is -3.26. The molecule has 0 amide bonds. The number of hydrogen-bond donors (Lipinski definition) is 1. The summed E-state index contributed by atoms with van der Waals surface area (Å²) in [5.74, 6) is 0.619. The number of benzene rings is 1. The number of anilines is 1. The molecule has 2 fully saturated rings. The molecule has 0 radical (unpaired) electrons. The van der Waals surface area contributed by atoms with Crippen molar-refractivity contribution in [3.8, 4) is 0 Å². The van der Waals surface area contributed by atoms with E-state index in [1.54, 1.807) is 17.5 Å². The van der Waals surface area contributed by atoms with Crippen molar-refractivity contribution in [3.63, 3.8) is 0 Å². The van der Waals surface area contributed by atoms with Gasteiger partial charge in [-0.25, -0.2) is 18.1 Å². The standard InChI is InChI=1S/C21H29N3O3S2/c1-29(25,26)23-19-11-13-24(21-22-12-14-28-21)20(19)15-27-18-9-7-17(8-10-18)16-5-3-2-4-6-16/h2-6,12,14,17-20,23H,7-11,13,15H2,1H3/t17-,18+,19-,20-/m0/s1. The van der Waals surface area contributed by atoms with Gasteiger partial charge in [-0.3, -0.25) is 0 Å². The van der Waals surface area contributed by atoms with Crippen LogP contribution in [0.25, 0.3) is 0 Å². The van der Waals surface area contributed by atoms with E-state index in [4.69, 9.17) is 4.74 Å². The second kappa shape index (κ2) is 9.12. The third-order valence-corrected chi connectivity index (χ3v) is 7.56. The van der Waals surface area contributed by atoms with Crippen LogP contribution in [0.2, 0.25) is 0 Å². The highest BCUT2D eigenvalue weighted by atomic mass is 32.2. The number of nitrogens with zero attached hydrogens (tertiary/aromatic N) is 2.